The lowest BCUT2D eigenvalue weighted by Gasteiger charge is -2.22. The molecule has 150 valence electrons. The maximum atomic E-state index is 13.0. The fourth-order valence-electron chi connectivity index (χ4n) is 2.96. The van der Waals surface area contributed by atoms with E-state index in [4.69, 9.17) is 16.9 Å². The molecule has 2 amide bonds. The van der Waals surface area contributed by atoms with Crippen molar-refractivity contribution >= 4 is 52.2 Å². The number of rotatable bonds is 4. The Labute approximate surface area is 186 Å². The molecule has 1 aliphatic heterocycles. The van der Waals surface area contributed by atoms with E-state index in [1.807, 2.05) is 18.2 Å². The molecule has 1 unspecified atom stereocenters. The number of hydrogen-bond donors (Lipinski definition) is 1. The number of anilines is 1. The standard InChI is InChI=1S/C21H15ClN4O2S2/c22-15-5-3-14(4-6-15)20-25-17(10-30-20)21(28)26-12-29-11-18(26)19(27)24-16-7-1-13(9-23)2-8-16/h1-8,10,18H,11-12H2,(H,24,27). The van der Waals surface area contributed by atoms with Crippen LogP contribution in [0.2, 0.25) is 5.02 Å². The summed E-state index contributed by atoms with van der Waals surface area (Å²) in [6, 6.07) is 15.3. The highest BCUT2D eigenvalue weighted by Gasteiger charge is 2.36. The van der Waals surface area contributed by atoms with Gasteiger partial charge in [0, 0.05) is 27.4 Å². The molecule has 1 aliphatic rings. The average molecular weight is 455 g/mol. The summed E-state index contributed by atoms with van der Waals surface area (Å²) < 4.78 is 0. The number of amides is 2. The molecule has 1 atom stereocenters. The van der Waals surface area contributed by atoms with Gasteiger partial charge in [0.1, 0.15) is 16.7 Å². The van der Waals surface area contributed by atoms with Crippen LogP contribution in [0.15, 0.2) is 53.9 Å². The van der Waals surface area contributed by atoms with Crippen LogP contribution in [-0.2, 0) is 4.79 Å². The van der Waals surface area contributed by atoms with Gasteiger partial charge in [-0.3, -0.25) is 9.59 Å². The second kappa shape index (κ2) is 8.88. The molecule has 9 heteroatoms. The van der Waals surface area contributed by atoms with Gasteiger partial charge >= 0.3 is 0 Å². The van der Waals surface area contributed by atoms with Gasteiger partial charge in [0.25, 0.3) is 5.91 Å². The zero-order valence-electron chi connectivity index (χ0n) is 15.5. The number of thiazole rings is 1. The van der Waals surface area contributed by atoms with E-state index in [2.05, 4.69) is 10.3 Å². The van der Waals surface area contributed by atoms with Crippen molar-refractivity contribution in [3.05, 3.63) is 70.2 Å². The molecule has 2 aromatic carbocycles. The van der Waals surface area contributed by atoms with E-state index in [0.29, 0.717) is 33.6 Å². The number of carbonyl (C=O) groups is 2. The van der Waals surface area contributed by atoms with Crippen LogP contribution in [0, 0.1) is 11.3 Å². The quantitative estimate of drug-likeness (QED) is 0.627. The van der Waals surface area contributed by atoms with Crippen molar-refractivity contribution in [2.45, 2.75) is 6.04 Å². The lowest BCUT2D eigenvalue weighted by molar-refractivity contribution is -0.119. The molecule has 30 heavy (non-hydrogen) atoms. The number of carbonyl (C=O) groups excluding carboxylic acids is 2. The number of hydrogen-bond acceptors (Lipinski definition) is 6. The molecule has 0 bridgehead atoms. The highest BCUT2D eigenvalue weighted by atomic mass is 35.5. The zero-order chi connectivity index (χ0) is 21.1. The first-order chi connectivity index (χ1) is 14.5. The molecule has 2 heterocycles. The van der Waals surface area contributed by atoms with Gasteiger partial charge in [-0.2, -0.15) is 5.26 Å². The first-order valence-electron chi connectivity index (χ1n) is 8.96. The van der Waals surface area contributed by atoms with Gasteiger partial charge in [-0.25, -0.2) is 4.98 Å². The van der Waals surface area contributed by atoms with E-state index in [0.717, 1.165) is 10.6 Å². The number of aromatic nitrogens is 1. The largest absolute Gasteiger partial charge is 0.324 e. The molecule has 0 saturated carbocycles. The molecular weight excluding hydrogens is 440 g/mol. The van der Waals surface area contributed by atoms with Gasteiger partial charge in [-0.05, 0) is 36.4 Å². The highest BCUT2D eigenvalue weighted by molar-refractivity contribution is 7.99. The fraction of sp³-hybridized carbons (Fsp3) is 0.143. The summed E-state index contributed by atoms with van der Waals surface area (Å²) in [6.45, 7) is 0. The Morgan fingerprint density at radius 2 is 1.90 bits per heavy atom. The molecule has 1 aromatic heterocycles. The second-order valence-corrected chi connectivity index (χ2v) is 8.81. The van der Waals surface area contributed by atoms with Crippen LogP contribution < -0.4 is 5.32 Å². The van der Waals surface area contributed by atoms with E-state index in [-0.39, 0.29) is 11.8 Å². The maximum Gasteiger partial charge on any atom is 0.274 e. The number of nitriles is 1. The predicted octanol–water partition coefficient (Wildman–Crippen LogP) is 4.49. The molecule has 1 N–H and O–H groups in total. The molecule has 3 aromatic rings. The van der Waals surface area contributed by atoms with E-state index in [1.165, 1.54) is 23.1 Å². The minimum absolute atomic E-state index is 0.258. The smallest absolute Gasteiger partial charge is 0.274 e. The number of nitrogens with zero attached hydrogens (tertiary/aromatic N) is 3. The molecule has 4 rings (SSSR count). The van der Waals surface area contributed by atoms with Crippen LogP contribution in [0.25, 0.3) is 10.6 Å². The van der Waals surface area contributed by atoms with Crippen LogP contribution in [0.3, 0.4) is 0 Å². The average Bonchev–Trinajstić information content (AvgIpc) is 3.44. The van der Waals surface area contributed by atoms with Crippen LogP contribution in [0.5, 0.6) is 0 Å². The Balaban J connectivity index is 1.47. The predicted molar refractivity (Wildman–Crippen MR) is 120 cm³/mol. The Hall–Kier alpha value is -2.86. The minimum atomic E-state index is -0.584. The summed E-state index contributed by atoms with van der Waals surface area (Å²) in [5.74, 6) is 0.419. The van der Waals surface area contributed by atoms with Crippen LogP contribution in [0.1, 0.15) is 16.1 Å². The molecule has 1 fully saturated rings. The van der Waals surface area contributed by atoms with Crippen molar-refractivity contribution in [1.82, 2.24) is 9.88 Å². The molecule has 0 aliphatic carbocycles. The van der Waals surface area contributed by atoms with E-state index in [9.17, 15) is 9.59 Å². The van der Waals surface area contributed by atoms with E-state index >= 15 is 0 Å². The first-order valence-corrected chi connectivity index (χ1v) is 11.4. The van der Waals surface area contributed by atoms with Gasteiger partial charge in [0.2, 0.25) is 5.91 Å². The zero-order valence-corrected chi connectivity index (χ0v) is 17.9. The van der Waals surface area contributed by atoms with Gasteiger partial charge in [0.05, 0.1) is 17.5 Å². The monoisotopic (exact) mass is 454 g/mol. The SMILES string of the molecule is N#Cc1ccc(NC(=O)C2CSCN2C(=O)c2csc(-c3ccc(Cl)cc3)n2)cc1. The summed E-state index contributed by atoms with van der Waals surface area (Å²) in [6.07, 6.45) is 0. The van der Waals surface area contributed by atoms with Crippen molar-refractivity contribution < 1.29 is 9.59 Å². The Morgan fingerprint density at radius 3 is 2.60 bits per heavy atom. The lowest BCUT2D eigenvalue weighted by atomic mass is 10.2. The summed E-state index contributed by atoms with van der Waals surface area (Å²) in [5, 5.41) is 14.8. The third kappa shape index (κ3) is 4.33. The van der Waals surface area contributed by atoms with Crippen LogP contribution in [0.4, 0.5) is 5.69 Å². The number of halogens is 1. The van der Waals surface area contributed by atoms with Crippen LogP contribution in [-0.4, -0.2) is 39.4 Å². The molecule has 6 nitrogen and oxygen atoms in total. The van der Waals surface area contributed by atoms with Gasteiger partial charge in [-0.15, -0.1) is 23.1 Å². The summed E-state index contributed by atoms with van der Waals surface area (Å²) in [4.78, 5) is 31.8. The van der Waals surface area contributed by atoms with Crippen LogP contribution >= 0.6 is 34.7 Å². The third-order valence-electron chi connectivity index (χ3n) is 4.54. The van der Waals surface area contributed by atoms with Gasteiger partial charge in [-0.1, -0.05) is 23.7 Å². The van der Waals surface area contributed by atoms with E-state index < -0.39 is 6.04 Å². The number of benzene rings is 2. The lowest BCUT2D eigenvalue weighted by Crippen LogP contribution is -2.44. The minimum Gasteiger partial charge on any atom is -0.324 e. The Bertz CT molecular complexity index is 1120. The van der Waals surface area contributed by atoms with Crippen molar-refractivity contribution in [2.24, 2.45) is 0 Å². The van der Waals surface area contributed by atoms with Gasteiger partial charge in [0.15, 0.2) is 0 Å². The second-order valence-electron chi connectivity index (χ2n) is 6.51. The Morgan fingerprint density at radius 1 is 1.17 bits per heavy atom. The Kier molecular flexibility index (Phi) is 6.04. The molecule has 0 spiro atoms. The first kappa shape index (κ1) is 20.4. The number of thioether (sulfide) groups is 1. The topological polar surface area (TPSA) is 86.1 Å². The van der Waals surface area contributed by atoms with Crippen molar-refractivity contribution in [3.63, 3.8) is 0 Å². The normalized spacial score (nSPS) is 15.6. The maximum absolute atomic E-state index is 13.0. The van der Waals surface area contributed by atoms with Gasteiger partial charge < -0.3 is 10.2 Å². The number of nitrogens with one attached hydrogen (secondary N) is 1. The highest BCUT2D eigenvalue weighted by Crippen LogP contribution is 2.28. The van der Waals surface area contributed by atoms with E-state index in [1.54, 1.807) is 46.7 Å². The van der Waals surface area contributed by atoms with Crippen molar-refractivity contribution in [2.75, 3.05) is 16.9 Å². The molecular formula is C21H15ClN4O2S2. The van der Waals surface area contributed by atoms with Crippen molar-refractivity contribution in [1.29, 1.82) is 5.26 Å². The molecule has 0 radical (unpaired) electrons. The summed E-state index contributed by atoms with van der Waals surface area (Å²) in [7, 11) is 0. The summed E-state index contributed by atoms with van der Waals surface area (Å²) >= 11 is 8.83. The fourth-order valence-corrected chi connectivity index (χ4v) is 5.04. The third-order valence-corrected chi connectivity index (χ3v) is 6.70. The molecule has 1 saturated heterocycles. The summed E-state index contributed by atoms with van der Waals surface area (Å²) in [5.41, 5.74) is 2.31. The van der Waals surface area contributed by atoms with Crippen molar-refractivity contribution in [3.8, 4) is 16.6 Å².